The number of amides is 1. The lowest BCUT2D eigenvalue weighted by molar-refractivity contribution is -0.123. The number of halogens is 3. The van der Waals surface area contributed by atoms with E-state index in [0.717, 1.165) is 36.8 Å². The van der Waals surface area contributed by atoms with Gasteiger partial charge in [-0.25, -0.2) is 8.42 Å². The quantitative estimate of drug-likeness (QED) is 0.787. The lowest BCUT2D eigenvalue weighted by atomic mass is 9.91. The Morgan fingerprint density at radius 3 is 2.36 bits per heavy atom. The molecule has 0 spiro atoms. The Morgan fingerprint density at radius 1 is 1.00 bits per heavy atom. The molecule has 0 atom stereocenters. The Balaban J connectivity index is 1.75. The molecule has 0 saturated heterocycles. The van der Waals surface area contributed by atoms with Gasteiger partial charge in [-0.15, -0.1) is 0 Å². The van der Waals surface area contributed by atoms with Crippen molar-refractivity contribution < 1.29 is 26.4 Å². The molecule has 0 bridgehead atoms. The van der Waals surface area contributed by atoms with Crippen LogP contribution in [0.2, 0.25) is 0 Å². The molecule has 0 unspecified atom stereocenters. The normalized spacial score (nSPS) is 14.2. The van der Waals surface area contributed by atoms with Gasteiger partial charge in [-0.2, -0.15) is 13.2 Å². The average Bonchev–Trinajstić information content (AvgIpc) is 2.66. The van der Waals surface area contributed by atoms with E-state index in [-0.39, 0.29) is 10.5 Å². The SMILES string of the molecule is O=C(NCC(F)(F)F)c1ccc(S(=O)(=O)Nc2cccc3c2CCCC3)cc1. The largest absolute Gasteiger partial charge is 0.405 e. The van der Waals surface area contributed by atoms with Crippen molar-refractivity contribution in [2.24, 2.45) is 0 Å². The minimum atomic E-state index is -4.52. The minimum absolute atomic E-state index is 0.0553. The van der Waals surface area contributed by atoms with Gasteiger partial charge < -0.3 is 5.32 Å². The van der Waals surface area contributed by atoms with Crippen LogP contribution >= 0.6 is 0 Å². The van der Waals surface area contributed by atoms with Crippen LogP contribution in [-0.2, 0) is 22.9 Å². The topological polar surface area (TPSA) is 75.3 Å². The first kappa shape index (κ1) is 20.2. The van der Waals surface area contributed by atoms with Crippen molar-refractivity contribution in [3.63, 3.8) is 0 Å². The van der Waals surface area contributed by atoms with Crippen LogP contribution in [0.3, 0.4) is 0 Å². The summed E-state index contributed by atoms with van der Waals surface area (Å²) in [7, 11) is -3.89. The van der Waals surface area contributed by atoms with Gasteiger partial charge in [-0.3, -0.25) is 9.52 Å². The number of carbonyl (C=O) groups excluding carboxylic acids is 1. The zero-order chi connectivity index (χ0) is 20.4. The van der Waals surface area contributed by atoms with Crippen LogP contribution < -0.4 is 10.0 Å². The zero-order valence-electron chi connectivity index (χ0n) is 14.8. The smallest absolute Gasteiger partial charge is 0.343 e. The van der Waals surface area contributed by atoms with Crippen molar-refractivity contribution in [2.75, 3.05) is 11.3 Å². The second-order valence-electron chi connectivity index (χ2n) is 6.58. The molecule has 0 aliphatic heterocycles. The van der Waals surface area contributed by atoms with E-state index in [1.165, 1.54) is 24.3 Å². The van der Waals surface area contributed by atoms with Crippen LogP contribution in [0.15, 0.2) is 47.4 Å². The number of fused-ring (bicyclic) bond motifs is 1. The summed E-state index contributed by atoms with van der Waals surface area (Å²) in [5.41, 5.74) is 2.59. The minimum Gasteiger partial charge on any atom is -0.343 e. The average molecular weight is 412 g/mol. The van der Waals surface area contributed by atoms with Crippen molar-refractivity contribution in [3.05, 3.63) is 59.2 Å². The maximum Gasteiger partial charge on any atom is 0.405 e. The fourth-order valence-electron chi connectivity index (χ4n) is 3.15. The molecule has 150 valence electrons. The molecular weight excluding hydrogens is 393 g/mol. The second-order valence-corrected chi connectivity index (χ2v) is 8.26. The lowest BCUT2D eigenvalue weighted by Crippen LogP contribution is -2.33. The highest BCUT2D eigenvalue weighted by molar-refractivity contribution is 7.92. The first-order valence-corrected chi connectivity index (χ1v) is 10.2. The molecule has 9 heteroatoms. The molecule has 0 saturated carbocycles. The maximum absolute atomic E-state index is 12.7. The number of hydrogen-bond donors (Lipinski definition) is 2. The van der Waals surface area contributed by atoms with Crippen molar-refractivity contribution >= 4 is 21.6 Å². The summed E-state index contributed by atoms with van der Waals surface area (Å²) in [5.74, 6) is -0.925. The highest BCUT2D eigenvalue weighted by atomic mass is 32.2. The van der Waals surface area contributed by atoms with Crippen LogP contribution in [0, 0.1) is 0 Å². The number of rotatable bonds is 5. The van der Waals surface area contributed by atoms with E-state index >= 15 is 0 Å². The Hall–Kier alpha value is -2.55. The van der Waals surface area contributed by atoms with Gasteiger partial charge in [0.2, 0.25) is 0 Å². The van der Waals surface area contributed by atoms with Gasteiger partial charge in [0.1, 0.15) is 6.54 Å². The first-order chi connectivity index (χ1) is 13.2. The summed E-state index contributed by atoms with van der Waals surface area (Å²) in [5, 5.41) is 1.74. The van der Waals surface area contributed by atoms with E-state index in [9.17, 15) is 26.4 Å². The number of nitrogens with one attached hydrogen (secondary N) is 2. The fraction of sp³-hybridized carbons (Fsp3) is 0.316. The van der Waals surface area contributed by atoms with Gasteiger partial charge in [0.15, 0.2) is 0 Å². The first-order valence-electron chi connectivity index (χ1n) is 8.74. The number of carbonyl (C=O) groups is 1. The number of benzene rings is 2. The Morgan fingerprint density at radius 2 is 1.68 bits per heavy atom. The second kappa shape index (κ2) is 7.83. The Kier molecular flexibility index (Phi) is 5.64. The third-order valence-corrected chi connectivity index (χ3v) is 5.90. The summed E-state index contributed by atoms with van der Waals surface area (Å²) in [4.78, 5) is 11.7. The highest BCUT2D eigenvalue weighted by Crippen LogP contribution is 2.29. The molecule has 2 N–H and O–H groups in total. The van der Waals surface area contributed by atoms with Gasteiger partial charge in [0, 0.05) is 5.56 Å². The predicted molar refractivity (Wildman–Crippen MR) is 98.7 cm³/mol. The van der Waals surface area contributed by atoms with Crippen LogP contribution in [0.25, 0.3) is 0 Å². The molecule has 1 aliphatic carbocycles. The molecule has 1 amide bonds. The van der Waals surface area contributed by atoms with Crippen molar-refractivity contribution in [3.8, 4) is 0 Å². The summed E-state index contributed by atoms with van der Waals surface area (Å²) < 4.78 is 64.4. The number of sulfonamides is 1. The summed E-state index contributed by atoms with van der Waals surface area (Å²) >= 11 is 0. The van der Waals surface area contributed by atoms with Crippen LogP contribution in [0.4, 0.5) is 18.9 Å². The molecule has 0 heterocycles. The Labute approximate surface area is 161 Å². The summed E-state index contributed by atoms with van der Waals surface area (Å²) in [6.45, 7) is -1.45. The van der Waals surface area contributed by atoms with E-state index in [1.54, 1.807) is 17.4 Å². The molecule has 2 aromatic rings. The molecule has 0 radical (unpaired) electrons. The summed E-state index contributed by atoms with van der Waals surface area (Å²) in [6.07, 6.45) is -0.745. The standard InChI is InChI=1S/C19H19F3N2O3S/c20-19(21,22)12-23-18(25)14-8-10-15(11-9-14)28(26,27)24-17-7-3-5-13-4-1-2-6-16(13)17/h3,5,7-11,24H,1-2,4,6,12H2,(H,23,25). The van der Waals surface area contributed by atoms with Gasteiger partial charge in [0.25, 0.3) is 15.9 Å². The molecule has 2 aromatic carbocycles. The molecule has 5 nitrogen and oxygen atoms in total. The molecule has 1 aliphatic rings. The Bertz CT molecular complexity index is 971. The number of alkyl halides is 3. The summed E-state index contributed by atoms with van der Waals surface area (Å²) in [6, 6.07) is 10.2. The number of anilines is 1. The van der Waals surface area contributed by atoms with Gasteiger partial charge in [-0.1, -0.05) is 12.1 Å². The highest BCUT2D eigenvalue weighted by Gasteiger charge is 2.28. The van der Waals surface area contributed by atoms with Gasteiger partial charge in [0.05, 0.1) is 10.6 Å². The van der Waals surface area contributed by atoms with E-state index in [4.69, 9.17) is 0 Å². The monoisotopic (exact) mass is 412 g/mol. The van der Waals surface area contributed by atoms with Crippen molar-refractivity contribution in [1.82, 2.24) is 5.32 Å². The van der Waals surface area contributed by atoms with Gasteiger partial charge in [-0.05, 0) is 67.1 Å². The number of hydrogen-bond acceptors (Lipinski definition) is 3. The van der Waals surface area contributed by atoms with Crippen molar-refractivity contribution in [1.29, 1.82) is 0 Å². The predicted octanol–water partition coefficient (Wildman–Crippen LogP) is 3.66. The van der Waals surface area contributed by atoms with E-state index in [1.807, 2.05) is 6.07 Å². The third-order valence-electron chi connectivity index (χ3n) is 4.52. The van der Waals surface area contributed by atoms with Gasteiger partial charge >= 0.3 is 6.18 Å². The van der Waals surface area contributed by atoms with Crippen LogP contribution in [0.1, 0.15) is 34.3 Å². The maximum atomic E-state index is 12.7. The van der Waals surface area contributed by atoms with Crippen LogP contribution in [0.5, 0.6) is 0 Å². The molecule has 28 heavy (non-hydrogen) atoms. The molecule has 3 rings (SSSR count). The van der Waals surface area contributed by atoms with E-state index in [0.29, 0.717) is 5.69 Å². The molecule has 0 aromatic heterocycles. The molecule has 0 fully saturated rings. The fourth-order valence-corrected chi connectivity index (χ4v) is 4.24. The lowest BCUT2D eigenvalue weighted by Gasteiger charge is -2.20. The zero-order valence-corrected chi connectivity index (χ0v) is 15.7. The van der Waals surface area contributed by atoms with Crippen LogP contribution in [-0.4, -0.2) is 27.0 Å². The van der Waals surface area contributed by atoms with Crippen molar-refractivity contribution in [2.45, 2.75) is 36.8 Å². The number of aryl methyl sites for hydroxylation is 1. The van der Waals surface area contributed by atoms with E-state index < -0.39 is 28.7 Å². The van der Waals surface area contributed by atoms with E-state index in [2.05, 4.69) is 4.72 Å². The molecular formula is C19H19F3N2O3S. The third kappa shape index (κ3) is 4.83.